The third-order valence-corrected chi connectivity index (χ3v) is 4.37. The van der Waals surface area contributed by atoms with Crippen molar-refractivity contribution in [3.05, 3.63) is 0 Å². The van der Waals surface area contributed by atoms with Crippen molar-refractivity contribution < 1.29 is 19.5 Å². The molecule has 9 heteroatoms. The minimum atomic E-state index is -0.954. The van der Waals surface area contributed by atoms with Crippen molar-refractivity contribution >= 4 is 23.7 Å². The van der Waals surface area contributed by atoms with Crippen LogP contribution >= 0.6 is 0 Å². The summed E-state index contributed by atoms with van der Waals surface area (Å²) in [6, 6.07) is -1.37. The molecule has 0 unspecified atom stereocenters. The Labute approximate surface area is 141 Å². The lowest BCUT2D eigenvalue weighted by Gasteiger charge is -2.31. The number of aliphatic imine (C=N–C) groups is 1. The Morgan fingerprint density at radius 1 is 1.25 bits per heavy atom. The van der Waals surface area contributed by atoms with Crippen LogP contribution in [-0.4, -0.2) is 58.9 Å². The van der Waals surface area contributed by atoms with Gasteiger partial charge >= 0.3 is 5.97 Å². The third-order valence-electron chi connectivity index (χ3n) is 4.37. The van der Waals surface area contributed by atoms with Crippen LogP contribution in [-0.2, 0) is 14.4 Å². The Bertz CT molecular complexity index is 514. The van der Waals surface area contributed by atoms with E-state index < -0.39 is 29.9 Å². The van der Waals surface area contributed by atoms with Crippen LogP contribution < -0.4 is 16.8 Å². The lowest BCUT2D eigenvalue weighted by atomic mass is 9.92. The first-order chi connectivity index (χ1) is 11.2. The maximum Gasteiger partial charge on any atom is 0.306 e. The maximum absolute atomic E-state index is 12.8. The number of carbonyl (C=O) groups excluding carboxylic acids is 2. The minimum Gasteiger partial charge on any atom is -0.481 e. The van der Waals surface area contributed by atoms with Crippen LogP contribution in [0.2, 0.25) is 0 Å². The normalized spacial score (nSPS) is 24.0. The van der Waals surface area contributed by atoms with Crippen molar-refractivity contribution in [3.63, 3.8) is 0 Å². The fraction of sp³-hybridized carbons (Fsp3) is 0.733. The van der Waals surface area contributed by atoms with Crippen molar-refractivity contribution in [2.75, 3.05) is 13.1 Å². The van der Waals surface area contributed by atoms with Gasteiger partial charge in [-0.2, -0.15) is 0 Å². The Morgan fingerprint density at radius 3 is 2.25 bits per heavy atom. The predicted octanol–water partition coefficient (Wildman–Crippen LogP) is -0.888. The van der Waals surface area contributed by atoms with Gasteiger partial charge in [0, 0.05) is 25.9 Å². The van der Waals surface area contributed by atoms with Crippen molar-refractivity contribution in [2.24, 2.45) is 28.3 Å². The quantitative estimate of drug-likeness (QED) is 0.348. The van der Waals surface area contributed by atoms with Crippen LogP contribution in [0.4, 0.5) is 0 Å². The van der Waals surface area contributed by atoms with Crippen LogP contribution in [0.25, 0.3) is 0 Å². The summed E-state index contributed by atoms with van der Waals surface area (Å²) < 4.78 is 0. The Kier molecular flexibility index (Phi) is 6.99. The third kappa shape index (κ3) is 4.84. The van der Waals surface area contributed by atoms with Crippen LogP contribution in [0.5, 0.6) is 0 Å². The first kappa shape index (κ1) is 19.7. The topological polar surface area (TPSA) is 151 Å². The number of carbonyl (C=O) groups is 3. The van der Waals surface area contributed by atoms with Gasteiger partial charge in [0.05, 0.1) is 12.0 Å². The van der Waals surface area contributed by atoms with Crippen LogP contribution in [0.15, 0.2) is 4.99 Å². The van der Waals surface area contributed by atoms with E-state index in [1.54, 1.807) is 4.90 Å². The molecule has 1 fully saturated rings. The summed E-state index contributed by atoms with van der Waals surface area (Å²) in [4.78, 5) is 41.4. The molecule has 2 amide bonds. The van der Waals surface area contributed by atoms with Gasteiger partial charge in [-0.1, -0.05) is 0 Å². The molecule has 0 aromatic carbocycles. The Morgan fingerprint density at radius 2 is 1.83 bits per heavy atom. The molecule has 1 saturated carbocycles. The number of nitrogens with two attached hydrogens (primary N) is 2. The van der Waals surface area contributed by atoms with E-state index in [0.717, 1.165) is 0 Å². The van der Waals surface area contributed by atoms with Gasteiger partial charge in [-0.25, -0.2) is 4.99 Å². The molecule has 1 aliphatic carbocycles. The molecule has 0 aliphatic heterocycles. The standard InChI is InChI=1S/C15H27N5O4/c1-4-20(5-2)13(22)12(18-8(3)21)10-6-9(14(23)24)7-11(10)19-15(16)17/h9-12H,4-7H2,1-3H3,(H,18,21)(H,23,24)(H4,16,17,19)/t9-,10+,11+,12-/m1/s1. The first-order valence-electron chi connectivity index (χ1n) is 8.08. The van der Waals surface area contributed by atoms with Crippen LogP contribution in [0, 0.1) is 11.8 Å². The summed E-state index contributed by atoms with van der Waals surface area (Å²) in [6.45, 7) is 5.99. The summed E-state index contributed by atoms with van der Waals surface area (Å²) >= 11 is 0. The molecule has 1 aliphatic rings. The zero-order valence-corrected chi connectivity index (χ0v) is 14.4. The molecular weight excluding hydrogens is 314 g/mol. The highest BCUT2D eigenvalue weighted by molar-refractivity contribution is 5.87. The molecule has 0 bridgehead atoms. The first-order valence-corrected chi connectivity index (χ1v) is 8.08. The molecular formula is C15H27N5O4. The Hall–Kier alpha value is -2.32. The van der Waals surface area contributed by atoms with E-state index in [0.29, 0.717) is 13.1 Å². The number of hydrogen-bond acceptors (Lipinski definition) is 4. The molecule has 0 aromatic rings. The van der Waals surface area contributed by atoms with E-state index in [2.05, 4.69) is 10.3 Å². The predicted molar refractivity (Wildman–Crippen MR) is 89.0 cm³/mol. The lowest BCUT2D eigenvalue weighted by molar-refractivity contribution is -0.142. The number of carboxylic acid groups (broad SMARTS) is 1. The van der Waals surface area contributed by atoms with Gasteiger partial charge in [0.25, 0.3) is 0 Å². The molecule has 0 aromatic heterocycles. The van der Waals surface area contributed by atoms with Gasteiger partial charge in [-0.15, -0.1) is 0 Å². The molecule has 136 valence electrons. The second-order valence-corrected chi connectivity index (χ2v) is 5.98. The highest BCUT2D eigenvalue weighted by Crippen LogP contribution is 2.36. The molecule has 1 rings (SSSR count). The SMILES string of the molecule is CCN(CC)C(=O)[C@H](NC(C)=O)[C@H]1C[C@@H](C(=O)O)C[C@@H]1N=C(N)N. The van der Waals surface area contributed by atoms with Gasteiger partial charge in [-0.3, -0.25) is 14.4 Å². The number of carboxylic acids is 1. The van der Waals surface area contributed by atoms with Crippen molar-refractivity contribution in [1.29, 1.82) is 0 Å². The molecule has 0 saturated heterocycles. The second kappa shape index (κ2) is 8.51. The number of aliphatic carboxylic acids is 1. The fourth-order valence-corrected chi connectivity index (χ4v) is 3.25. The molecule has 6 N–H and O–H groups in total. The fourth-order valence-electron chi connectivity index (χ4n) is 3.25. The summed E-state index contributed by atoms with van der Waals surface area (Å²) in [5, 5.41) is 12.0. The number of rotatable bonds is 7. The molecule has 9 nitrogen and oxygen atoms in total. The molecule has 0 spiro atoms. The molecule has 4 atom stereocenters. The largest absolute Gasteiger partial charge is 0.481 e. The van der Waals surface area contributed by atoms with Gasteiger partial charge in [0.1, 0.15) is 6.04 Å². The van der Waals surface area contributed by atoms with Crippen LogP contribution in [0.1, 0.15) is 33.6 Å². The Balaban J connectivity index is 3.16. The number of guanidine groups is 1. The van der Waals surface area contributed by atoms with E-state index in [4.69, 9.17) is 11.5 Å². The van der Waals surface area contributed by atoms with E-state index in [1.165, 1.54) is 6.92 Å². The summed E-state index contributed by atoms with van der Waals surface area (Å²) in [7, 11) is 0. The highest BCUT2D eigenvalue weighted by atomic mass is 16.4. The number of nitrogens with zero attached hydrogens (tertiary/aromatic N) is 2. The molecule has 0 radical (unpaired) electrons. The van der Waals surface area contributed by atoms with E-state index in [1.807, 2.05) is 13.8 Å². The number of nitrogens with one attached hydrogen (secondary N) is 1. The van der Waals surface area contributed by atoms with Crippen molar-refractivity contribution in [2.45, 2.75) is 45.7 Å². The van der Waals surface area contributed by atoms with E-state index in [-0.39, 0.29) is 30.6 Å². The summed E-state index contributed by atoms with van der Waals surface area (Å²) in [5.74, 6) is -2.84. The average molecular weight is 341 g/mol. The molecule has 24 heavy (non-hydrogen) atoms. The van der Waals surface area contributed by atoms with Gasteiger partial charge in [0.15, 0.2) is 5.96 Å². The van der Waals surface area contributed by atoms with E-state index >= 15 is 0 Å². The number of likely N-dealkylation sites (N-methyl/N-ethyl adjacent to an activating group) is 1. The minimum absolute atomic E-state index is 0.159. The zero-order chi connectivity index (χ0) is 18.4. The van der Waals surface area contributed by atoms with Gasteiger partial charge < -0.3 is 26.8 Å². The van der Waals surface area contributed by atoms with Gasteiger partial charge in [0.2, 0.25) is 11.8 Å². The van der Waals surface area contributed by atoms with Crippen molar-refractivity contribution in [3.8, 4) is 0 Å². The molecule has 0 heterocycles. The van der Waals surface area contributed by atoms with Crippen molar-refractivity contribution in [1.82, 2.24) is 10.2 Å². The average Bonchev–Trinajstić information content (AvgIpc) is 2.88. The summed E-state index contributed by atoms with van der Waals surface area (Å²) in [6.07, 6.45) is 0.467. The van der Waals surface area contributed by atoms with Crippen LogP contribution in [0.3, 0.4) is 0 Å². The maximum atomic E-state index is 12.8. The zero-order valence-electron chi connectivity index (χ0n) is 14.4. The second-order valence-electron chi connectivity index (χ2n) is 5.98. The van der Waals surface area contributed by atoms with E-state index in [9.17, 15) is 19.5 Å². The lowest BCUT2D eigenvalue weighted by Crippen LogP contribution is -2.53. The monoisotopic (exact) mass is 341 g/mol. The summed E-state index contributed by atoms with van der Waals surface area (Å²) in [5.41, 5.74) is 10.9. The smallest absolute Gasteiger partial charge is 0.306 e. The number of amides is 2. The highest BCUT2D eigenvalue weighted by Gasteiger charge is 2.45. The van der Waals surface area contributed by atoms with Gasteiger partial charge in [-0.05, 0) is 26.7 Å². The number of hydrogen-bond donors (Lipinski definition) is 4.